The first-order chi connectivity index (χ1) is 8.94. The van der Waals surface area contributed by atoms with Crippen LogP contribution in [0, 0.1) is 11.7 Å². The summed E-state index contributed by atoms with van der Waals surface area (Å²) in [5.74, 6) is -0.547. The largest absolute Gasteiger partial charge is 0.392 e. The van der Waals surface area contributed by atoms with Gasteiger partial charge in [-0.2, -0.15) is 0 Å². The lowest BCUT2D eigenvalue weighted by molar-refractivity contribution is 0.274. The summed E-state index contributed by atoms with van der Waals surface area (Å²) in [7, 11) is -3.88. The SMILES string of the molecule is O=S(=O)(NCC1CCC1)c1cc(Br)cc(CO)c1F. The van der Waals surface area contributed by atoms with Crippen molar-refractivity contribution in [1.82, 2.24) is 4.72 Å². The molecule has 1 saturated carbocycles. The summed E-state index contributed by atoms with van der Waals surface area (Å²) in [6, 6.07) is 2.57. The topological polar surface area (TPSA) is 66.4 Å². The van der Waals surface area contributed by atoms with E-state index in [0.717, 1.165) is 19.3 Å². The minimum Gasteiger partial charge on any atom is -0.392 e. The number of sulfonamides is 1. The maximum atomic E-state index is 14.0. The van der Waals surface area contributed by atoms with Crippen LogP contribution in [0.3, 0.4) is 0 Å². The minimum atomic E-state index is -3.88. The molecule has 0 atom stereocenters. The van der Waals surface area contributed by atoms with E-state index in [2.05, 4.69) is 20.7 Å². The van der Waals surface area contributed by atoms with Crippen LogP contribution < -0.4 is 4.72 Å². The maximum absolute atomic E-state index is 14.0. The molecule has 2 rings (SSSR count). The van der Waals surface area contributed by atoms with Crippen LogP contribution in [0.1, 0.15) is 24.8 Å². The smallest absolute Gasteiger partial charge is 0.243 e. The van der Waals surface area contributed by atoms with E-state index in [0.29, 0.717) is 16.9 Å². The molecule has 0 radical (unpaired) electrons. The van der Waals surface area contributed by atoms with Crippen molar-refractivity contribution in [2.24, 2.45) is 5.92 Å². The third kappa shape index (κ3) is 3.34. The molecule has 0 spiro atoms. The molecule has 0 heterocycles. The maximum Gasteiger partial charge on any atom is 0.243 e. The summed E-state index contributed by atoms with van der Waals surface area (Å²) in [5, 5.41) is 9.02. The molecule has 1 aromatic rings. The fourth-order valence-corrected chi connectivity index (χ4v) is 3.85. The van der Waals surface area contributed by atoms with Gasteiger partial charge in [-0.15, -0.1) is 0 Å². The van der Waals surface area contributed by atoms with E-state index < -0.39 is 27.3 Å². The van der Waals surface area contributed by atoms with E-state index in [-0.39, 0.29) is 5.56 Å². The summed E-state index contributed by atoms with van der Waals surface area (Å²) < 4.78 is 40.9. The van der Waals surface area contributed by atoms with E-state index >= 15 is 0 Å². The number of benzene rings is 1. The van der Waals surface area contributed by atoms with Crippen LogP contribution in [-0.2, 0) is 16.6 Å². The third-order valence-corrected chi connectivity index (χ3v) is 5.21. The standard InChI is InChI=1S/C12H15BrFNO3S/c13-10-4-9(7-16)12(14)11(5-10)19(17,18)15-6-8-2-1-3-8/h4-5,8,15-16H,1-3,6-7H2. The van der Waals surface area contributed by atoms with Crippen LogP contribution >= 0.6 is 15.9 Å². The molecule has 1 aliphatic rings. The number of hydrogen-bond acceptors (Lipinski definition) is 3. The Kier molecular flexibility index (Phi) is 4.60. The van der Waals surface area contributed by atoms with Crippen LogP contribution in [0.25, 0.3) is 0 Å². The van der Waals surface area contributed by atoms with Crippen molar-refractivity contribution in [3.8, 4) is 0 Å². The van der Waals surface area contributed by atoms with E-state index in [1.807, 2.05) is 0 Å². The molecular weight excluding hydrogens is 337 g/mol. The highest BCUT2D eigenvalue weighted by Gasteiger charge is 2.25. The molecule has 1 aliphatic carbocycles. The van der Waals surface area contributed by atoms with E-state index in [1.165, 1.54) is 12.1 Å². The van der Waals surface area contributed by atoms with Crippen molar-refractivity contribution in [2.75, 3.05) is 6.54 Å². The zero-order valence-corrected chi connectivity index (χ0v) is 12.6. The van der Waals surface area contributed by atoms with Crippen LogP contribution in [0.2, 0.25) is 0 Å². The molecule has 2 N–H and O–H groups in total. The summed E-state index contributed by atoms with van der Waals surface area (Å²) >= 11 is 3.12. The quantitative estimate of drug-likeness (QED) is 0.854. The molecule has 19 heavy (non-hydrogen) atoms. The molecule has 0 amide bonds. The highest BCUT2D eigenvalue weighted by atomic mass is 79.9. The van der Waals surface area contributed by atoms with E-state index in [4.69, 9.17) is 5.11 Å². The fraction of sp³-hybridized carbons (Fsp3) is 0.500. The lowest BCUT2D eigenvalue weighted by Crippen LogP contribution is -2.32. The molecule has 0 aliphatic heterocycles. The average molecular weight is 352 g/mol. The second-order valence-electron chi connectivity index (χ2n) is 4.68. The first-order valence-electron chi connectivity index (χ1n) is 6.02. The van der Waals surface area contributed by atoms with E-state index in [9.17, 15) is 12.8 Å². The number of hydrogen-bond donors (Lipinski definition) is 2. The summed E-state index contributed by atoms with van der Waals surface area (Å²) in [6.45, 7) is -0.209. The molecule has 7 heteroatoms. The van der Waals surface area contributed by atoms with Gasteiger partial charge in [0.2, 0.25) is 10.0 Å². The Morgan fingerprint density at radius 3 is 2.63 bits per heavy atom. The molecule has 4 nitrogen and oxygen atoms in total. The Balaban J connectivity index is 2.25. The van der Waals surface area contributed by atoms with Gasteiger partial charge in [-0.25, -0.2) is 17.5 Å². The van der Waals surface area contributed by atoms with Crippen molar-refractivity contribution in [1.29, 1.82) is 0 Å². The first-order valence-corrected chi connectivity index (χ1v) is 8.30. The fourth-order valence-electron chi connectivity index (χ4n) is 1.93. The van der Waals surface area contributed by atoms with E-state index in [1.54, 1.807) is 0 Å². The van der Waals surface area contributed by atoms with Crippen molar-refractivity contribution < 1.29 is 17.9 Å². The monoisotopic (exact) mass is 351 g/mol. The van der Waals surface area contributed by atoms with Crippen LogP contribution in [0.4, 0.5) is 4.39 Å². The Labute approximate surface area is 120 Å². The third-order valence-electron chi connectivity index (χ3n) is 3.33. The first kappa shape index (κ1) is 14.9. The Morgan fingerprint density at radius 1 is 1.42 bits per heavy atom. The predicted octanol–water partition coefficient (Wildman–Crippen LogP) is 2.16. The molecule has 106 valence electrons. The summed E-state index contributed by atoms with van der Waals surface area (Å²) in [4.78, 5) is -0.426. The van der Waals surface area contributed by atoms with Gasteiger partial charge in [-0.05, 0) is 30.9 Å². The highest BCUT2D eigenvalue weighted by molar-refractivity contribution is 9.10. The summed E-state index contributed by atoms with van der Waals surface area (Å²) in [5.41, 5.74) is -0.0432. The minimum absolute atomic E-state index is 0.0432. The lowest BCUT2D eigenvalue weighted by atomic mass is 9.86. The van der Waals surface area contributed by atoms with Crippen molar-refractivity contribution >= 4 is 26.0 Å². The van der Waals surface area contributed by atoms with Crippen molar-refractivity contribution in [2.45, 2.75) is 30.8 Å². The van der Waals surface area contributed by atoms with Gasteiger partial charge in [-0.3, -0.25) is 0 Å². The zero-order valence-electron chi connectivity index (χ0n) is 10.2. The second kappa shape index (κ2) is 5.87. The Hall–Kier alpha value is -0.500. The lowest BCUT2D eigenvalue weighted by Gasteiger charge is -2.25. The van der Waals surface area contributed by atoms with Gasteiger partial charge in [0.15, 0.2) is 0 Å². The number of aliphatic hydroxyl groups is 1. The van der Waals surface area contributed by atoms with Gasteiger partial charge in [0, 0.05) is 16.6 Å². The molecular formula is C12H15BrFNO3S. The van der Waals surface area contributed by atoms with Gasteiger partial charge in [0.05, 0.1) is 6.61 Å². The molecule has 1 fully saturated rings. The van der Waals surface area contributed by atoms with Crippen LogP contribution in [0.5, 0.6) is 0 Å². The molecule has 0 bridgehead atoms. The highest BCUT2D eigenvalue weighted by Crippen LogP contribution is 2.27. The number of rotatable bonds is 5. The van der Waals surface area contributed by atoms with Crippen LogP contribution in [0.15, 0.2) is 21.5 Å². The number of halogens is 2. The normalized spacial score (nSPS) is 16.4. The number of aliphatic hydroxyl groups excluding tert-OH is 1. The molecule has 0 saturated heterocycles. The van der Waals surface area contributed by atoms with Gasteiger partial charge in [0.1, 0.15) is 10.7 Å². The number of nitrogens with one attached hydrogen (secondary N) is 1. The Bertz CT molecular complexity index is 573. The molecule has 0 unspecified atom stereocenters. The second-order valence-corrected chi connectivity index (χ2v) is 7.34. The van der Waals surface area contributed by atoms with Gasteiger partial charge in [-0.1, -0.05) is 22.4 Å². The van der Waals surface area contributed by atoms with Crippen molar-refractivity contribution in [3.05, 3.63) is 28.0 Å². The van der Waals surface area contributed by atoms with Crippen molar-refractivity contribution in [3.63, 3.8) is 0 Å². The molecule has 0 aromatic heterocycles. The zero-order chi connectivity index (χ0) is 14.0. The predicted molar refractivity (Wildman–Crippen MR) is 72.6 cm³/mol. The van der Waals surface area contributed by atoms with Gasteiger partial charge >= 0.3 is 0 Å². The van der Waals surface area contributed by atoms with Gasteiger partial charge < -0.3 is 5.11 Å². The van der Waals surface area contributed by atoms with Gasteiger partial charge in [0.25, 0.3) is 0 Å². The average Bonchev–Trinajstić information content (AvgIpc) is 2.29. The van der Waals surface area contributed by atoms with Crippen LogP contribution in [-0.4, -0.2) is 20.1 Å². The molecule has 1 aromatic carbocycles. The summed E-state index contributed by atoms with van der Waals surface area (Å²) in [6.07, 6.45) is 3.13. The Morgan fingerprint density at radius 2 is 2.11 bits per heavy atom.